The maximum Gasteiger partial charge on any atom is 0.200 e. The number of hydrogen-bond acceptors (Lipinski definition) is 3. The van der Waals surface area contributed by atoms with Gasteiger partial charge in [0.25, 0.3) is 0 Å². The van der Waals surface area contributed by atoms with Crippen molar-refractivity contribution in [3.8, 4) is 5.75 Å². The van der Waals surface area contributed by atoms with E-state index in [1.807, 2.05) is 6.07 Å². The molecule has 0 atom stereocenters. The first kappa shape index (κ1) is 18.0. The van der Waals surface area contributed by atoms with Crippen LogP contribution >= 0.6 is 15.9 Å². The molecule has 130 valence electrons. The molecule has 0 unspecified atom stereocenters. The van der Waals surface area contributed by atoms with Crippen molar-refractivity contribution in [1.82, 2.24) is 0 Å². The first-order valence-electron chi connectivity index (χ1n) is 7.85. The molecule has 3 aromatic carbocycles. The third-order valence-corrected chi connectivity index (χ3v) is 4.23. The van der Waals surface area contributed by atoms with Crippen LogP contribution in [0.1, 0.15) is 26.3 Å². The van der Waals surface area contributed by atoms with Gasteiger partial charge in [0.15, 0.2) is 18.2 Å². The molecule has 0 aromatic heterocycles. The van der Waals surface area contributed by atoms with Crippen LogP contribution in [0.15, 0.2) is 77.3 Å². The predicted octanol–water partition coefficient (Wildman–Crippen LogP) is 5.08. The van der Waals surface area contributed by atoms with Crippen LogP contribution in [-0.2, 0) is 0 Å². The van der Waals surface area contributed by atoms with Gasteiger partial charge in [-0.05, 0) is 60.7 Å². The third kappa shape index (κ3) is 4.43. The van der Waals surface area contributed by atoms with E-state index in [9.17, 15) is 14.0 Å². The normalized spacial score (nSPS) is 10.4. The number of benzene rings is 3. The van der Waals surface area contributed by atoms with Crippen molar-refractivity contribution >= 4 is 27.5 Å². The smallest absolute Gasteiger partial charge is 0.200 e. The minimum absolute atomic E-state index is 0.0955. The highest BCUT2D eigenvalue weighted by atomic mass is 79.9. The summed E-state index contributed by atoms with van der Waals surface area (Å²) in [6.07, 6.45) is 0. The van der Waals surface area contributed by atoms with Crippen molar-refractivity contribution in [1.29, 1.82) is 0 Å². The van der Waals surface area contributed by atoms with Gasteiger partial charge in [-0.1, -0.05) is 28.1 Å². The standard InChI is InChI=1S/C21H14BrFO3/c22-17-3-1-2-16(12-17)20(24)13-26-19-10-6-15(7-11-19)21(25)14-4-8-18(23)9-5-14/h1-12H,13H2. The summed E-state index contributed by atoms with van der Waals surface area (Å²) in [5.74, 6) is -0.246. The lowest BCUT2D eigenvalue weighted by atomic mass is 10.0. The Balaban J connectivity index is 1.63. The molecule has 0 bridgehead atoms. The highest BCUT2D eigenvalue weighted by Gasteiger charge is 2.10. The summed E-state index contributed by atoms with van der Waals surface area (Å²) >= 11 is 3.33. The molecular formula is C21H14BrFO3. The van der Waals surface area contributed by atoms with Crippen LogP contribution in [-0.4, -0.2) is 18.2 Å². The van der Waals surface area contributed by atoms with Gasteiger partial charge in [0.2, 0.25) is 0 Å². The summed E-state index contributed by atoms with van der Waals surface area (Å²) in [5, 5.41) is 0. The summed E-state index contributed by atoms with van der Waals surface area (Å²) in [7, 11) is 0. The Bertz CT molecular complexity index is 934. The van der Waals surface area contributed by atoms with E-state index >= 15 is 0 Å². The highest BCUT2D eigenvalue weighted by Crippen LogP contribution is 2.17. The molecule has 0 radical (unpaired) electrons. The quantitative estimate of drug-likeness (QED) is 0.530. The van der Waals surface area contributed by atoms with Gasteiger partial charge in [-0.25, -0.2) is 4.39 Å². The maximum absolute atomic E-state index is 12.9. The molecule has 3 aromatic rings. The number of Topliss-reactive ketones (excluding diaryl/α,β-unsaturated/α-hetero) is 1. The third-order valence-electron chi connectivity index (χ3n) is 3.74. The van der Waals surface area contributed by atoms with Crippen molar-refractivity contribution in [3.05, 3.63) is 99.8 Å². The number of ether oxygens (including phenoxy) is 1. The number of ketones is 2. The molecular weight excluding hydrogens is 399 g/mol. The van der Waals surface area contributed by atoms with Gasteiger partial charge in [0.1, 0.15) is 11.6 Å². The minimum atomic E-state index is -0.389. The van der Waals surface area contributed by atoms with E-state index in [1.54, 1.807) is 42.5 Å². The number of halogens is 2. The SMILES string of the molecule is O=C(COc1ccc(C(=O)c2ccc(F)cc2)cc1)c1cccc(Br)c1. The van der Waals surface area contributed by atoms with E-state index in [4.69, 9.17) is 4.74 Å². The van der Waals surface area contributed by atoms with Crippen LogP contribution in [0.25, 0.3) is 0 Å². The van der Waals surface area contributed by atoms with Crippen LogP contribution in [0.5, 0.6) is 5.75 Å². The Kier molecular flexibility index (Phi) is 5.58. The number of rotatable bonds is 6. The second-order valence-corrected chi connectivity index (χ2v) is 6.50. The second-order valence-electron chi connectivity index (χ2n) is 5.58. The number of hydrogen-bond donors (Lipinski definition) is 0. The van der Waals surface area contributed by atoms with E-state index in [0.717, 1.165) is 4.47 Å². The van der Waals surface area contributed by atoms with E-state index < -0.39 is 0 Å². The van der Waals surface area contributed by atoms with Gasteiger partial charge in [-0.15, -0.1) is 0 Å². The summed E-state index contributed by atoms with van der Waals surface area (Å²) in [4.78, 5) is 24.5. The predicted molar refractivity (Wildman–Crippen MR) is 100 cm³/mol. The average Bonchev–Trinajstić information content (AvgIpc) is 2.66. The van der Waals surface area contributed by atoms with E-state index in [2.05, 4.69) is 15.9 Å². The summed E-state index contributed by atoms with van der Waals surface area (Å²) < 4.78 is 19.3. The van der Waals surface area contributed by atoms with Crippen molar-refractivity contribution < 1.29 is 18.7 Å². The highest BCUT2D eigenvalue weighted by molar-refractivity contribution is 9.10. The monoisotopic (exact) mass is 412 g/mol. The van der Waals surface area contributed by atoms with Crippen LogP contribution in [0.2, 0.25) is 0 Å². The lowest BCUT2D eigenvalue weighted by Gasteiger charge is -2.07. The average molecular weight is 413 g/mol. The van der Waals surface area contributed by atoms with Gasteiger partial charge in [-0.3, -0.25) is 9.59 Å². The van der Waals surface area contributed by atoms with Crippen molar-refractivity contribution in [2.45, 2.75) is 0 Å². The van der Waals surface area contributed by atoms with Crippen molar-refractivity contribution in [2.75, 3.05) is 6.61 Å². The Labute approximate surface area is 158 Å². The number of carbonyl (C=O) groups excluding carboxylic acids is 2. The van der Waals surface area contributed by atoms with Crippen LogP contribution in [0, 0.1) is 5.82 Å². The lowest BCUT2D eigenvalue weighted by Crippen LogP contribution is -2.11. The minimum Gasteiger partial charge on any atom is -0.485 e. The molecule has 0 heterocycles. The zero-order valence-corrected chi connectivity index (χ0v) is 15.2. The topological polar surface area (TPSA) is 43.4 Å². The Morgan fingerprint density at radius 3 is 2.08 bits per heavy atom. The fraction of sp³-hybridized carbons (Fsp3) is 0.0476. The van der Waals surface area contributed by atoms with Gasteiger partial charge in [0, 0.05) is 21.2 Å². The van der Waals surface area contributed by atoms with Gasteiger partial charge in [-0.2, -0.15) is 0 Å². The summed E-state index contributed by atoms with van der Waals surface area (Å²) in [6, 6.07) is 19.0. The summed E-state index contributed by atoms with van der Waals surface area (Å²) in [6.45, 7) is -0.0955. The van der Waals surface area contributed by atoms with Crippen molar-refractivity contribution in [2.24, 2.45) is 0 Å². The molecule has 0 amide bonds. The van der Waals surface area contributed by atoms with E-state index in [0.29, 0.717) is 22.4 Å². The van der Waals surface area contributed by atoms with Crippen LogP contribution in [0.4, 0.5) is 4.39 Å². The van der Waals surface area contributed by atoms with Crippen LogP contribution < -0.4 is 4.74 Å². The van der Waals surface area contributed by atoms with E-state index in [-0.39, 0.29) is 24.0 Å². The molecule has 5 heteroatoms. The molecule has 0 N–H and O–H groups in total. The molecule has 0 saturated heterocycles. The molecule has 0 aliphatic heterocycles. The molecule has 26 heavy (non-hydrogen) atoms. The van der Waals surface area contributed by atoms with Crippen LogP contribution in [0.3, 0.4) is 0 Å². The van der Waals surface area contributed by atoms with Gasteiger partial charge >= 0.3 is 0 Å². The molecule has 0 fully saturated rings. The molecule has 3 nitrogen and oxygen atoms in total. The largest absolute Gasteiger partial charge is 0.485 e. The zero-order valence-electron chi connectivity index (χ0n) is 13.6. The Hall–Kier alpha value is -2.79. The van der Waals surface area contributed by atoms with Gasteiger partial charge in [0.05, 0.1) is 0 Å². The number of carbonyl (C=O) groups is 2. The molecule has 0 aliphatic rings. The summed E-state index contributed by atoms with van der Waals surface area (Å²) in [5.41, 5.74) is 1.43. The fourth-order valence-electron chi connectivity index (χ4n) is 2.36. The Morgan fingerprint density at radius 1 is 0.846 bits per heavy atom. The van der Waals surface area contributed by atoms with Gasteiger partial charge < -0.3 is 4.74 Å². The Morgan fingerprint density at radius 2 is 1.46 bits per heavy atom. The molecule has 3 rings (SSSR count). The zero-order chi connectivity index (χ0) is 18.5. The fourth-order valence-corrected chi connectivity index (χ4v) is 2.76. The molecule has 0 aliphatic carbocycles. The first-order valence-corrected chi connectivity index (χ1v) is 8.64. The second kappa shape index (κ2) is 8.06. The lowest BCUT2D eigenvalue weighted by molar-refractivity contribution is 0.0920. The first-order chi connectivity index (χ1) is 12.5. The molecule has 0 saturated carbocycles. The van der Waals surface area contributed by atoms with E-state index in [1.165, 1.54) is 24.3 Å². The van der Waals surface area contributed by atoms with Crippen molar-refractivity contribution in [3.63, 3.8) is 0 Å². The molecule has 0 spiro atoms. The maximum atomic E-state index is 12.9.